The van der Waals surface area contributed by atoms with Crippen molar-refractivity contribution in [1.29, 1.82) is 0 Å². The van der Waals surface area contributed by atoms with Gasteiger partial charge in [-0.1, -0.05) is 42.5 Å². The van der Waals surface area contributed by atoms with Gasteiger partial charge in [0.05, 0.1) is 19.1 Å². The number of rotatable bonds is 7. The van der Waals surface area contributed by atoms with E-state index >= 15 is 0 Å². The van der Waals surface area contributed by atoms with Gasteiger partial charge in [-0.2, -0.15) is 0 Å². The maximum Gasteiger partial charge on any atom is 0.224 e. The van der Waals surface area contributed by atoms with E-state index in [9.17, 15) is 4.79 Å². The number of aliphatic hydroxyl groups excluding tert-OH is 1. The van der Waals surface area contributed by atoms with Crippen molar-refractivity contribution in [3.8, 4) is 0 Å². The van der Waals surface area contributed by atoms with Crippen LogP contribution in [0.4, 0.5) is 0 Å². The molecule has 2 rings (SSSR count). The third-order valence-electron chi connectivity index (χ3n) is 3.44. The lowest BCUT2D eigenvalue weighted by molar-refractivity contribution is -0.121. The van der Waals surface area contributed by atoms with E-state index in [4.69, 9.17) is 9.84 Å². The highest BCUT2D eigenvalue weighted by Crippen LogP contribution is 2.18. The van der Waals surface area contributed by atoms with Gasteiger partial charge >= 0.3 is 0 Å². The van der Waals surface area contributed by atoms with Crippen LogP contribution in [0, 0.1) is 0 Å². The molecule has 0 aromatic heterocycles. The maximum atomic E-state index is 12.2. The Morgan fingerprint density at radius 3 is 2.76 bits per heavy atom. The number of benzene rings is 2. The maximum absolute atomic E-state index is 12.2. The number of amides is 1. The van der Waals surface area contributed by atoms with E-state index in [1.807, 2.05) is 42.5 Å². The summed E-state index contributed by atoms with van der Waals surface area (Å²) >= 11 is 0. The molecule has 0 heterocycles. The molecule has 1 amide bonds. The fourth-order valence-electron chi connectivity index (χ4n) is 2.45. The summed E-state index contributed by atoms with van der Waals surface area (Å²) < 4.78 is 5.05. The predicted molar refractivity (Wildman–Crippen MR) is 83.2 cm³/mol. The minimum absolute atomic E-state index is 0.0303. The highest BCUT2D eigenvalue weighted by Gasteiger charge is 2.13. The number of carbonyl (C=O) groups is 1. The standard InChI is InChI=1S/C17H21NO3/c1-21-12-15(9-10-19)18-17(20)11-14-7-4-6-13-5-2-3-8-16(13)14/h2-8,15,19H,9-12H2,1H3,(H,18,20)/t15-/m1/s1. The van der Waals surface area contributed by atoms with Crippen LogP contribution in [0.5, 0.6) is 0 Å². The van der Waals surface area contributed by atoms with Crippen molar-refractivity contribution in [3.05, 3.63) is 48.0 Å². The molecule has 0 spiro atoms. The van der Waals surface area contributed by atoms with Crippen LogP contribution < -0.4 is 5.32 Å². The quantitative estimate of drug-likeness (QED) is 0.817. The number of ether oxygens (including phenoxy) is 1. The monoisotopic (exact) mass is 287 g/mol. The first kappa shape index (κ1) is 15.5. The average Bonchev–Trinajstić information content (AvgIpc) is 2.48. The first-order chi connectivity index (χ1) is 10.2. The minimum atomic E-state index is -0.150. The minimum Gasteiger partial charge on any atom is -0.396 e. The fourth-order valence-corrected chi connectivity index (χ4v) is 2.45. The highest BCUT2D eigenvalue weighted by atomic mass is 16.5. The smallest absolute Gasteiger partial charge is 0.224 e. The third kappa shape index (κ3) is 4.28. The number of fused-ring (bicyclic) bond motifs is 1. The second-order valence-electron chi connectivity index (χ2n) is 5.05. The van der Waals surface area contributed by atoms with Crippen LogP contribution in [0.15, 0.2) is 42.5 Å². The van der Waals surface area contributed by atoms with Crippen LogP contribution >= 0.6 is 0 Å². The van der Waals surface area contributed by atoms with Crippen molar-refractivity contribution in [3.63, 3.8) is 0 Å². The van der Waals surface area contributed by atoms with E-state index < -0.39 is 0 Å². The molecule has 0 unspecified atom stereocenters. The summed E-state index contributed by atoms with van der Waals surface area (Å²) in [6, 6.07) is 13.9. The average molecular weight is 287 g/mol. The van der Waals surface area contributed by atoms with Crippen molar-refractivity contribution in [2.75, 3.05) is 20.3 Å². The molecule has 4 heteroatoms. The molecule has 0 saturated carbocycles. The van der Waals surface area contributed by atoms with Gasteiger partial charge in [0.25, 0.3) is 0 Å². The van der Waals surface area contributed by atoms with Crippen molar-refractivity contribution in [2.45, 2.75) is 18.9 Å². The van der Waals surface area contributed by atoms with Gasteiger partial charge in [0.2, 0.25) is 5.91 Å². The van der Waals surface area contributed by atoms with Gasteiger partial charge in [-0.05, 0) is 22.8 Å². The zero-order valence-electron chi connectivity index (χ0n) is 12.2. The highest BCUT2D eigenvalue weighted by molar-refractivity contribution is 5.90. The largest absolute Gasteiger partial charge is 0.396 e. The van der Waals surface area contributed by atoms with Crippen LogP contribution in [-0.4, -0.2) is 37.4 Å². The summed E-state index contributed by atoms with van der Waals surface area (Å²) in [7, 11) is 1.58. The summed E-state index contributed by atoms with van der Waals surface area (Å²) in [6.45, 7) is 0.435. The second-order valence-corrected chi connectivity index (χ2v) is 5.05. The molecule has 0 radical (unpaired) electrons. The molecule has 0 fully saturated rings. The van der Waals surface area contributed by atoms with Gasteiger partial charge in [-0.25, -0.2) is 0 Å². The number of methoxy groups -OCH3 is 1. The zero-order chi connectivity index (χ0) is 15.1. The van der Waals surface area contributed by atoms with E-state index in [0.29, 0.717) is 19.4 Å². The lowest BCUT2D eigenvalue weighted by Crippen LogP contribution is -2.39. The molecule has 2 aromatic carbocycles. The lowest BCUT2D eigenvalue weighted by atomic mass is 10.0. The predicted octanol–water partition coefficient (Wildman–Crippen LogP) is 1.90. The Kier molecular flexibility index (Phi) is 5.72. The van der Waals surface area contributed by atoms with Crippen LogP contribution in [0.3, 0.4) is 0 Å². The SMILES string of the molecule is COC[C@@H](CCO)NC(=O)Cc1cccc2ccccc12. The summed E-state index contributed by atoms with van der Waals surface area (Å²) in [6.07, 6.45) is 0.822. The Hall–Kier alpha value is -1.91. The van der Waals surface area contributed by atoms with E-state index in [-0.39, 0.29) is 18.6 Å². The number of carbonyl (C=O) groups excluding carboxylic acids is 1. The Morgan fingerprint density at radius 2 is 2.00 bits per heavy atom. The number of aliphatic hydroxyl groups is 1. The van der Waals surface area contributed by atoms with Crippen LogP contribution in [0.25, 0.3) is 10.8 Å². The fraction of sp³-hybridized carbons (Fsp3) is 0.353. The van der Waals surface area contributed by atoms with E-state index in [2.05, 4.69) is 5.32 Å². The number of hydrogen-bond donors (Lipinski definition) is 2. The Labute approximate surface area is 124 Å². The van der Waals surface area contributed by atoms with Gasteiger partial charge in [0, 0.05) is 13.7 Å². The lowest BCUT2D eigenvalue weighted by Gasteiger charge is -2.17. The molecule has 1 atom stereocenters. The molecule has 0 aliphatic heterocycles. The van der Waals surface area contributed by atoms with Crippen LogP contribution in [-0.2, 0) is 16.0 Å². The molecule has 0 bridgehead atoms. The summed E-state index contributed by atoms with van der Waals surface area (Å²) in [5.74, 6) is -0.0538. The van der Waals surface area contributed by atoms with Crippen molar-refractivity contribution in [2.24, 2.45) is 0 Å². The normalized spacial score (nSPS) is 12.3. The number of hydrogen-bond acceptors (Lipinski definition) is 3. The van der Waals surface area contributed by atoms with Gasteiger partial charge in [0.1, 0.15) is 0 Å². The molecule has 21 heavy (non-hydrogen) atoms. The first-order valence-electron chi connectivity index (χ1n) is 7.10. The zero-order valence-corrected chi connectivity index (χ0v) is 12.2. The van der Waals surface area contributed by atoms with Crippen molar-refractivity contribution < 1.29 is 14.6 Å². The van der Waals surface area contributed by atoms with Gasteiger partial charge < -0.3 is 15.2 Å². The third-order valence-corrected chi connectivity index (χ3v) is 3.44. The molecular formula is C17H21NO3. The summed E-state index contributed by atoms with van der Waals surface area (Å²) in [5.41, 5.74) is 1.01. The molecule has 0 aliphatic carbocycles. The summed E-state index contributed by atoms with van der Waals surface area (Å²) in [5, 5.41) is 14.1. The van der Waals surface area contributed by atoms with Gasteiger partial charge in [-0.15, -0.1) is 0 Å². The molecular weight excluding hydrogens is 266 g/mol. The Morgan fingerprint density at radius 1 is 1.24 bits per heavy atom. The van der Waals surface area contributed by atoms with Crippen molar-refractivity contribution in [1.82, 2.24) is 5.32 Å². The molecule has 0 saturated heterocycles. The van der Waals surface area contributed by atoms with Gasteiger partial charge in [-0.3, -0.25) is 4.79 Å². The van der Waals surface area contributed by atoms with Crippen LogP contribution in [0.1, 0.15) is 12.0 Å². The van der Waals surface area contributed by atoms with E-state index in [0.717, 1.165) is 16.3 Å². The van der Waals surface area contributed by atoms with E-state index in [1.54, 1.807) is 7.11 Å². The van der Waals surface area contributed by atoms with Crippen molar-refractivity contribution >= 4 is 16.7 Å². The number of nitrogens with one attached hydrogen (secondary N) is 1. The first-order valence-corrected chi connectivity index (χ1v) is 7.10. The second kappa shape index (κ2) is 7.76. The van der Waals surface area contributed by atoms with Gasteiger partial charge in [0.15, 0.2) is 0 Å². The molecule has 4 nitrogen and oxygen atoms in total. The molecule has 2 aromatic rings. The van der Waals surface area contributed by atoms with Crippen LogP contribution in [0.2, 0.25) is 0 Å². The molecule has 2 N–H and O–H groups in total. The Bertz CT molecular complexity index is 586. The summed E-state index contributed by atoms with van der Waals surface area (Å²) in [4.78, 5) is 12.2. The topological polar surface area (TPSA) is 58.6 Å². The molecule has 0 aliphatic rings. The van der Waals surface area contributed by atoms with E-state index in [1.165, 1.54) is 0 Å². The Balaban J connectivity index is 2.07. The molecule has 112 valence electrons.